The van der Waals surface area contributed by atoms with Crippen LogP contribution in [0.15, 0.2) is 0 Å². The number of hydrogen-bond acceptors (Lipinski definition) is 2. The van der Waals surface area contributed by atoms with E-state index in [9.17, 15) is 5.11 Å². The highest BCUT2D eigenvalue weighted by molar-refractivity contribution is 4.24. The van der Waals surface area contributed by atoms with Gasteiger partial charge in [-0.05, 0) is 13.8 Å². The first-order valence-electron chi connectivity index (χ1n) is 2.12. The summed E-state index contributed by atoms with van der Waals surface area (Å²) in [6, 6.07) is 0. The monoisotopic (exact) mass is 105 g/mol. The van der Waals surface area contributed by atoms with E-state index in [-0.39, 0.29) is 0 Å². The predicted molar refractivity (Wildman–Crippen MR) is 22.9 cm³/mol. The summed E-state index contributed by atoms with van der Waals surface area (Å²) in [5.41, 5.74) is 0. The minimum absolute atomic E-state index is 0.938. The van der Waals surface area contributed by atoms with Crippen molar-refractivity contribution in [1.82, 2.24) is 0 Å². The van der Waals surface area contributed by atoms with Gasteiger partial charge in [0, 0.05) is 0 Å². The molecule has 0 amide bonds. The molecule has 0 saturated heterocycles. The van der Waals surface area contributed by atoms with E-state index in [1.54, 1.807) is 0 Å². The normalized spacial score (nSPS) is 18.9. The third kappa shape index (κ3) is 5.88. The van der Waals surface area contributed by atoms with E-state index >= 15 is 0 Å². The molecule has 0 aromatic rings. The van der Waals surface area contributed by atoms with Crippen LogP contribution in [0.1, 0.15) is 13.8 Å². The zero-order chi connectivity index (χ0) is 5.86. The van der Waals surface area contributed by atoms with E-state index < -0.39 is 12.6 Å². The Balaban J connectivity index is 2.95. The summed E-state index contributed by atoms with van der Waals surface area (Å²) in [5.74, 6) is 0. The summed E-state index contributed by atoms with van der Waals surface area (Å²) in [6.07, 6.45) is -2.06. The van der Waals surface area contributed by atoms with Crippen molar-refractivity contribution in [1.29, 1.82) is 0 Å². The Morgan fingerprint density at radius 1 is 1.57 bits per heavy atom. The van der Waals surface area contributed by atoms with E-state index in [0.29, 0.717) is 0 Å². The largest absolute Gasteiger partial charge is 0.368 e. The number of aliphatic hydroxyl groups is 1. The zero-order valence-corrected chi connectivity index (χ0v) is 4.42. The van der Waals surface area contributed by atoms with Crippen LogP contribution in [-0.2, 0) is 9.84 Å². The summed E-state index contributed by atoms with van der Waals surface area (Å²) >= 11 is 0. The second-order valence-electron chi connectivity index (χ2n) is 1.30. The average Bonchev–Trinajstić information content (AvgIpc) is 1.27. The van der Waals surface area contributed by atoms with Crippen LogP contribution in [0.4, 0.5) is 0 Å². The van der Waals surface area contributed by atoms with Gasteiger partial charge in [0.15, 0.2) is 12.6 Å². The van der Waals surface area contributed by atoms with Crippen molar-refractivity contribution >= 4 is 0 Å². The first kappa shape index (κ1) is 6.88. The number of hydrogen-bond donors (Lipinski definition) is 1. The van der Waals surface area contributed by atoms with Crippen LogP contribution in [0.2, 0.25) is 0 Å². The fraction of sp³-hybridized carbons (Fsp3) is 1.00. The maximum absolute atomic E-state index is 9.96. The fourth-order valence-corrected chi connectivity index (χ4v) is 0.277. The molecule has 0 bridgehead atoms. The molecule has 0 aromatic heterocycles. The van der Waals surface area contributed by atoms with Gasteiger partial charge < -0.3 is 9.84 Å². The van der Waals surface area contributed by atoms with E-state index in [1.165, 1.54) is 13.8 Å². The van der Waals surface area contributed by atoms with Gasteiger partial charge in [0.1, 0.15) is 0 Å². The van der Waals surface area contributed by atoms with E-state index in [4.69, 9.17) is 5.11 Å². The molecule has 0 aliphatic heterocycles. The lowest BCUT2D eigenvalue weighted by molar-refractivity contribution is -0.213. The van der Waals surface area contributed by atoms with Gasteiger partial charge in [-0.3, -0.25) is 0 Å². The summed E-state index contributed by atoms with van der Waals surface area (Å²) in [5, 5.41) is 18.3. The van der Waals surface area contributed by atoms with Gasteiger partial charge in [-0.2, -0.15) is 0 Å². The molecule has 0 fully saturated rings. The molecule has 0 saturated carbocycles. The topological polar surface area (TPSA) is 49.4 Å². The Morgan fingerprint density at radius 3 is 2.00 bits per heavy atom. The van der Waals surface area contributed by atoms with Gasteiger partial charge in [-0.1, -0.05) is 0 Å². The molecule has 1 radical (unpaired) electrons. The van der Waals surface area contributed by atoms with Crippen LogP contribution < -0.4 is 0 Å². The highest BCUT2D eigenvalue weighted by Crippen LogP contribution is 1.88. The maximum Gasteiger partial charge on any atom is 0.191 e. The van der Waals surface area contributed by atoms with Crippen LogP contribution in [-0.4, -0.2) is 17.7 Å². The third-order valence-corrected chi connectivity index (χ3v) is 0.389. The molecule has 0 aliphatic rings. The Kier molecular flexibility index (Phi) is 2.91. The van der Waals surface area contributed by atoms with Gasteiger partial charge in [0.2, 0.25) is 0 Å². The summed E-state index contributed by atoms with van der Waals surface area (Å²) in [4.78, 5) is 0. The van der Waals surface area contributed by atoms with Gasteiger partial charge in [0.25, 0.3) is 0 Å². The molecule has 43 valence electrons. The Labute approximate surface area is 42.5 Å². The lowest BCUT2D eigenvalue weighted by atomic mass is 10.7. The molecular weight excluding hydrogens is 96.0 g/mol. The van der Waals surface area contributed by atoms with Gasteiger partial charge in [-0.25, -0.2) is 5.11 Å². The van der Waals surface area contributed by atoms with Crippen molar-refractivity contribution in [2.45, 2.75) is 26.4 Å². The van der Waals surface area contributed by atoms with E-state index in [2.05, 4.69) is 4.74 Å². The van der Waals surface area contributed by atoms with E-state index in [1.807, 2.05) is 0 Å². The Morgan fingerprint density at radius 2 is 2.00 bits per heavy atom. The molecule has 2 unspecified atom stereocenters. The predicted octanol–water partition coefficient (Wildman–Crippen LogP) is 0.118. The van der Waals surface area contributed by atoms with Crippen molar-refractivity contribution in [2.24, 2.45) is 0 Å². The lowest BCUT2D eigenvalue weighted by Gasteiger charge is -2.05. The zero-order valence-electron chi connectivity index (χ0n) is 4.42. The van der Waals surface area contributed by atoms with Crippen molar-refractivity contribution in [3.8, 4) is 0 Å². The molecule has 0 heterocycles. The highest BCUT2D eigenvalue weighted by Gasteiger charge is 1.99. The molecule has 3 nitrogen and oxygen atoms in total. The second-order valence-corrected chi connectivity index (χ2v) is 1.30. The van der Waals surface area contributed by atoms with Crippen LogP contribution in [0, 0.1) is 0 Å². The molecule has 7 heavy (non-hydrogen) atoms. The molecule has 3 heteroatoms. The molecule has 1 N–H and O–H groups in total. The third-order valence-electron chi connectivity index (χ3n) is 0.389. The standard InChI is InChI=1S/C4H9O3/c1-3(5)7-4(2)6/h3-5H,1-2H3. The minimum atomic E-state index is -1.12. The van der Waals surface area contributed by atoms with Gasteiger partial charge in [-0.15, -0.1) is 0 Å². The SMILES string of the molecule is CC([O])OC(C)O. The summed E-state index contributed by atoms with van der Waals surface area (Å²) < 4.78 is 4.25. The smallest absolute Gasteiger partial charge is 0.191 e. The van der Waals surface area contributed by atoms with Gasteiger partial charge in [0.05, 0.1) is 0 Å². The Bertz CT molecular complexity index is 36.2. The first-order valence-corrected chi connectivity index (χ1v) is 2.12. The average molecular weight is 105 g/mol. The minimum Gasteiger partial charge on any atom is -0.368 e. The summed E-state index contributed by atoms with van der Waals surface area (Å²) in [6.45, 7) is 2.72. The maximum atomic E-state index is 9.96. The molecule has 2 atom stereocenters. The lowest BCUT2D eigenvalue weighted by Crippen LogP contribution is -2.13. The van der Waals surface area contributed by atoms with E-state index in [0.717, 1.165) is 0 Å². The van der Waals surface area contributed by atoms with Gasteiger partial charge >= 0.3 is 0 Å². The van der Waals surface area contributed by atoms with Crippen LogP contribution >= 0.6 is 0 Å². The molecule has 0 rings (SSSR count). The molecular formula is C4H9O3. The van der Waals surface area contributed by atoms with Crippen LogP contribution in [0.5, 0.6) is 0 Å². The Hall–Kier alpha value is -0.120. The number of rotatable bonds is 2. The number of aliphatic hydroxyl groups excluding tert-OH is 1. The van der Waals surface area contributed by atoms with Crippen LogP contribution in [0.3, 0.4) is 0 Å². The highest BCUT2D eigenvalue weighted by atomic mass is 16.7. The van der Waals surface area contributed by atoms with Crippen molar-refractivity contribution in [3.05, 3.63) is 0 Å². The van der Waals surface area contributed by atoms with Crippen molar-refractivity contribution in [2.75, 3.05) is 0 Å². The summed E-state index contributed by atoms with van der Waals surface area (Å²) in [7, 11) is 0. The van der Waals surface area contributed by atoms with Crippen molar-refractivity contribution in [3.63, 3.8) is 0 Å². The first-order chi connectivity index (χ1) is 3.13. The van der Waals surface area contributed by atoms with Crippen LogP contribution in [0.25, 0.3) is 0 Å². The van der Waals surface area contributed by atoms with Crippen molar-refractivity contribution < 1.29 is 14.9 Å². The molecule has 0 aliphatic carbocycles. The molecule has 0 spiro atoms. The second kappa shape index (κ2) is 2.96. The molecule has 0 aromatic carbocycles. The quantitative estimate of drug-likeness (QED) is 0.507. The number of ether oxygens (including phenoxy) is 1. The fourth-order valence-electron chi connectivity index (χ4n) is 0.277.